The number of likely N-dealkylation sites (tertiary alicyclic amines) is 1. The molecular weight excluding hydrogens is 380 g/mol. The monoisotopic (exact) mass is 401 g/mol. The zero-order chi connectivity index (χ0) is 14.5. The van der Waals surface area contributed by atoms with Crippen molar-refractivity contribution in [3.05, 3.63) is 35.6 Å². The molecule has 21 heavy (non-hydrogen) atoms. The number of piperidine rings is 1. The molecule has 0 spiro atoms. The molecule has 5 heteroatoms. The summed E-state index contributed by atoms with van der Waals surface area (Å²) in [4.78, 5) is 6.47. The first-order valence-corrected chi connectivity index (χ1v) is 6.90. The fraction of sp³-hybridized carbons (Fsp3) is 0.438. The lowest BCUT2D eigenvalue weighted by atomic mass is 9.99. The zero-order valence-corrected chi connectivity index (χ0v) is 14.5. The highest BCUT2D eigenvalue weighted by Gasteiger charge is 2.18. The Morgan fingerprint density at radius 2 is 1.95 bits per heavy atom. The van der Waals surface area contributed by atoms with Crippen LogP contribution in [0.5, 0.6) is 0 Å². The summed E-state index contributed by atoms with van der Waals surface area (Å²) >= 11 is 0. The van der Waals surface area contributed by atoms with Gasteiger partial charge in [-0.15, -0.1) is 30.4 Å². The number of nitrogens with zero attached hydrogens (tertiary/aromatic N) is 2. The van der Waals surface area contributed by atoms with Crippen LogP contribution in [0.2, 0.25) is 0 Å². The summed E-state index contributed by atoms with van der Waals surface area (Å²) in [5.74, 6) is 3.53. The van der Waals surface area contributed by atoms with E-state index in [1.54, 1.807) is 12.1 Å². The average molecular weight is 401 g/mol. The lowest BCUT2D eigenvalue weighted by Gasteiger charge is -2.31. The third-order valence-corrected chi connectivity index (χ3v) is 3.71. The standard InChI is InChI=1S/C16H20FN3.HI/c1-3-15(13-4-6-14(17)7-5-13)19-16(18)20-10-8-12(2)9-11-20;/h1,4-7,12,15H,8-11H2,2H3,(H2,18,19);1H. The minimum absolute atomic E-state index is 0. The van der Waals surface area contributed by atoms with Crippen LogP contribution in [0, 0.1) is 24.1 Å². The van der Waals surface area contributed by atoms with Gasteiger partial charge in [0.15, 0.2) is 5.96 Å². The first kappa shape index (κ1) is 17.8. The second kappa shape index (κ2) is 8.23. The molecule has 1 atom stereocenters. The third kappa shape index (κ3) is 4.88. The number of guanidine groups is 1. The SMILES string of the molecule is C#CC(N=C(N)N1CCC(C)CC1)c1ccc(F)cc1.I. The molecule has 1 aromatic rings. The van der Waals surface area contributed by atoms with E-state index < -0.39 is 6.04 Å². The molecule has 1 aliphatic rings. The van der Waals surface area contributed by atoms with Gasteiger partial charge in [0.1, 0.15) is 11.9 Å². The Labute approximate surface area is 142 Å². The second-order valence-corrected chi connectivity index (χ2v) is 5.28. The first-order chi connectivity index (χ1) is 9.60. The van der Waals surface area contributed by atoms with Crippen molar-refractivity contribution < 1.29 is 4.39 Å². The number of terminal acetylenes is 1. The summed E-state index contributed by atoms with van der Waals surface area (Å²) in [5.41, 5.74) is 6.82. The van der Waals surface area contributed by atoms with Crippen LogP contribution in [-0.4, -0.2) is 23.9 Å². The van der Waals surface area contributed by atoms with E-state index in [0.29, 0.717) is 5.96 Å². The van der Waals surface area contributed by atoms with Gasteiger partial charge < -0.3 is 10.6 Å². The molecule has 0 bridgehead atoms. The van der Waals surface area contributed by atoms with Gasteiger partial charge in [-0.1, -0.05) is 25.0 Å². The maximum absolute atomic E-state index is 12.9. The smallest absolute Gasteiger partial charge is 0.192 e. The van der Waals surface area contributed by atoms with Gasteiger partial charge in [-0.05, 0) is 36.5 Å². The quantitative estimate of drug-likeness (QED) is 0.358. The van der Waals surface area contributed by atoms with Crippen molar-refractivity contribution in [2.75, 3.05) is 13.1 Å². The Morgan fingerprint density at radius 3 is 2.48 bits per heavy atom. The van der Waals surface area contributed by atoms with Crippen molar-refractivity contribution >= 4 is 29.9 Å². The molecule has 1 aromatic carbocycles. The lowest BCUT2D eigenvalue weighted by molar-refractivity contribution is 0.277. The van der Waals surface area contributed by atoms with Crippen LogP contribution in [0.3, 0.4) is 0 Å². The molecule has 1 saturated heterocycles. The molecule has 0 aliphatic carbocycles. The molecule has 0 aromatic heterocycles. The first-order valence-electron chi connectivity index (χ1n) is 6.90. The molecule has 0 radical (unpaired) electrons. The highest BCUT2D eigenvalue weighted by molar-refractivity contribution is 14.0. The van der Waals surface area contributed by atoms with Gasteiger partial charge in [-0.25, -0.2) is 9.38 Å². The van der Waals surface area contributed by atoms with Crippen LogP contribution in [0.1, 0.15) is 31.4 Å². The highest BCUT2D eigenvalue weighted by Crippen LogP contribution is 2.19. The molecule has 1 fully saturated rings. The molecule has 2 rings (SSSR count). The summed E-state index contributed by atoms with van der Waals surface area (Å²) in [6, 6.07) is 5.60. The molecule has 114 valence electrons. The molecule has 3 nitrogen and oxygen atoms in total. The van der Waals surface area contributed by atoms with Gasteiger partial charge in [0, 0.05) is 13.1 Å². The topological polar surface area (TPSA) is 41.6 Å². The van der Waals surface area contributed by atoms with E-state index in [-0.39, 0.29) is 29.8 Å². The molecule has 1 heterocycles. The van der Waals surface area contributed by atoms with E-state index in [9.17, 15) is 4.39 Å². The number of benzene rings is 1. The van der Waals surface area contributed by atoms with Crippen molar-refractivity contribution in [2.24, 2.45) is 16.6 Å². The van der Waals surface area contributed by atoms with Crippen LogP contribution < -0.4 is 5.73 Å². The van der Waals surface area contributed by atoms with Crippen molar-refractivity contribution in [1.82, 2.24) is 4.90 Å². The van der Waals surface area contributed by atoms with Crippen molar-refractivity contribution in [3.8, 4) is 12.3 Å². The Morgan fingerprint density at radius 1 is 1.38 bits per heavy atom. The van der Waals surface area contributed by atoms with Gasteiger partial charge in [-0.2, -0.15) is 0 Å². The van der Waals surface area contributed by atoms with E-state index in [0.717, 1.165) is 37.4 Å². The fourth-order valence-corrected chi connectivity index (χ4v) is 2.30. The average Bonchev–Trinajstić information content (AvgIpc) is 2.46. The molecular formula is C16H21FIN3. The number of halogens is 2. The van der Waals surface area contributed by atoms with E-state index in [1.807, 2.05) is 0 Å². The minimum Gasteiger partial charge on any atom is -0.370 e. The van der Waals surface area contributed by atoms with Crippen LogP contribution in [-0.2, 0) is 0 Å². The molecule has 1 aliphatic heterocycles. The number of hydrogen-bond acceptors (Lipinski definition) is 1. The molecule has 1 unspecified atom stereocenters. The second-order valence-electron chi connectivity index (χ2n) is 5.28. The predicted octanol–water partition coefficient (Wildman–Crippen LogP) is 3.16. The van der Waals surface area contributed by atoms with Gasteiger partial charge >= 0.3 is 0 Å². The molecule has 2 N–H and O–H groups in total. The van der Waals surface area contributed by atoms with E-state index in [1.165, 1.54) is 12.1 Å². The highest BCUT2D eigenvalue weighted by atomic mass is 127. The number of nitrogens with two attached hydrogens (primary N) is 1. The third-order valence-electron chi connectivity index (χ3n) is 3.71. The van der Waals surface area contributed by atoms with Crippen LogP contribution in [0.15, 0.2) is 29.3 Å². The normalized spacial score (nSPS) is 17.8. The van der Waals surface area contributed by atoms with E-state index in [2.05, 4.69) is 22.7 Å². The van der Waals surface area contributed by atoms with Crippen LogP contribution in [0.25, 0.3) is 0 Å². The van der Waals surface area contributed by atoms with Crippen LogP contribution >= 0.6 is 24.0 Å². The van der Waals surface area contributed by atoms with Gasteiger partial charge in [0.2, 0.25) is 0 Å². The van der Waals surface area contributed by atoms with Crippen molar-refractivity contribution in [2.45, 2.75) is 25.8 Å². The van der Waals surface area contributed by atoms with Crippen LogP contribution in [0.4, 0.5) is 4.39 Å². The Balaban J connectivity index is 0.00000220. The maximum Gasteiger partial charge on any atom is 0.192 e. The summed E-state index contributed by atoms with van der Waals surface area (Å²) in [5, 5.41) is 0. The number of hydrogen-bond donors (Lipinski definition) is 1. The van der Waals surface area contributed by atoms with Gasteiger partial charge in [-0.3, -0.25) is 0 Å². The lowest BCUT2D eigenvalue weighted by Crippen LogP contribution is -2.42. The summed E-state index contributed by atoms with van der Waals surface area (Å²) in [6.45, 7) is 4.07. The van der Waals surface area contributed by atoms with Crippen molar-refractivity contribution in [1.29, 1.82) is 0 Å². The maximum atomic E-state index is 12.9. The Hall–Kier alpha value is -1.29. The predicted molar refractivity (Wildman–Crippen MR) is 95.0 cm³/mol. The molecule has 0 saturated carbocycles. The zero-order valence-electron chi connectivity index (χ0n) is 12.1. The van der Waals surface area contributed by atoms with E-state index in [4.69, 9.17) is 12.2 Å². The Kier molecular flexibility index (Phi) is 6.96. The summed E-state index contributed by atoms with van der Waals surface area (Å²) in [6.07, 6.45) is 7.75. The summed E-state index contributed by atoms with van der Waals surface area (Å²) < 4.78 is 12.9. The minimum atomic E-state index is -0.463. The van der Waals surface area contributed by atoms with Gasteiger partial charge in [0.25, 0.3) is 0 Å². The Bertz CT molecular complexity index is 513. The van der Waals surface area contributed by atoms with Gasteiger partial charge in [0.05, 0.1) is 0 Å². The number of aliphatic imine (C=N–C) groups is 1. The number of rotatable bonds is 2. The fourth-order valence-electron chi connectivity index (χ4n) is 2.30. The summed E-state index contributed by atoms with van der Waals surface area (Å²) in [7, 11) is 0. The largest absolute Gasteiger partial charge is 0.370 e. The molecule has 0 amide bonds. The van der Waals surface area contributed by atoms with E-state index >= 15 is 0 Å². The van der Waals surface area contributed by atoms with Crippen molar-refractivity contribution in [3.63, 3.8) is 0 Å².